The van der Waals surface area contributed by atoms with Crippen molar-refractivity contribution in [1.29, 1.82) is 5.41 Å². The number of nitrogens with one attached hydrogen (secondary N) is 1. The van der Waals surface area contributed by atoms with E-state index in [1.165, 1.54) is 5.56 Å². The van der Waals surface area contributed by atoms with Crippen molar-refractivity contribution < 1.29 is 4.74 Å². The SMILES string of the molecule is COC1CCN(Cc2cccc(C(=N)N)c2)CC1. The van der Waals surface area contributed by atoms with Gasteiger partial charge in [0.15, 0.2) is 0 Å². The van der Waals surface area contributed by atoms with Gasteiger partial charge in [0.2, 0.25) is 0 Å². The number of hydrogen-bond acceptors (Lipinski definition) is 3. The highest BCUT2D eigenvalue weighted by Gasteiger charge is 2.18. The number of nitrogens with two attached hydrogens (primary N) is 1. The Bertz CT molecular complexity index is 411. The molecule has 4 nitrogen and oxygen atoms in total. The topological polar surface area (TPSA) is 62.3 Å². The minimum atomic E-state index is 0.134. The molecule has 1 heterocycles. The van der Waals surface area contributed by atoms with E-state index in [4.69, 9.17) is 15.9 Å². The number of nitrogen functional groups attached to an aromatic ring is 1. The van der Waals surface area contributed by atoms with E-state index in [2.05, 4.69) is 11.0 Å². The van der Waals surface area contributed by atoms with Gasteiger partial charge in [0.25, 0.3) is 0 Å². The van der Waals surface area contributed by atoms with Crippen molar-refractivity contribution in [2.75, 3.05) is 20.2 Å². The molecule has 2 rings (SSSR count). The highest BCUT2D eigenvalue weighted by Crippen LogP contribution is 2.16. The van der Waals surface area contributed by atoms with E-state index < -0.39 is 0 Å². The number of benzene rings is 1. The number of rotatable bonds is 4. The fourth-order valence-corrected chi connectivity index (χ4v) is 2.40. The van der Waals surface area contributed by atoms with Crippen LogP contribution in [-0.4, -0.2) is 37.0 Å². The van der Waals surface area contributed by atoms with E-state index in [1.807, 2.05) is 18.2 Å². The summed E-state index contributed by atoms with van der Waals surface area (Å²) in [5.41, 5.74) is 7.53. The first-order valence-corrected chi connectivity index (χ1v) is 6.37. The Morgan fingerprint density at radius 2 is 2.17 bits per heavy atom. The largest absolute Gasteiger partial charge is 0.384 e. The lowest BCUT2D eigenvalue weighted by Gasteiger charge is -2.31. The second-order valence-electron chi connectivity index (χ2n) is 4.83. The van der Waals surface area contributed by atoms with E-state index in [1.54, 1.807) is 7.11 Å². The minimum absolute atomic E-state index is 0.134. The fraction of sp³-hybridized carbons (Fsp3) is 0.500. The third-order valence-corrected chi connectivity index (χ3v) is 3.51. The third-order valence-electron chi connectivity index (χ3n) is 3.51. The number of methoxy groups -OCH3 is 1. The van der Waals surface area contributed by atoms with Gasteiger partial charge in [-0.2, -0.15) is 0 Å². The quantitative estimate of drug-likeness (QED) is 0.627. The molecule has 1 aliphatic rings. The molecule has 18 heavy (non-hydrogen) atoms. The van der Waals surface area contributed by atoms with Crippen LogP contribution in [0.3, 0.4) is 0 Å². The lowest BCUT2D eigenvalue weighted by molar-refractivity contribution is 0.0388. The Morgan fingerprint density at radius 1 is 1.44 bits per heavy atom. The summed E-state index contributed by atoms with van der Waals surface area (Å²) in [6, 6.07) is 7.94. The van der Waals surface area contributed by atoms with E-state index in [9.17, 15) is 0 Å². The number of piperidine rings is 1. The minimum Gasteiger partial charge on any atom is -0.384 e. The van der Waals surface area contributed by atoms with Crippen molar-refractivity contribution in [3.63, 3.8) is 0 Å². The van der Waals surface area contributed by atoms with Crippen LogP contribution in [0.15, 0.2) is 24.3 Å². The Labute approximate surface area is 108 Å². The molecule has 4 heteroatoms. The van der Waals surface area contributed by atoms with Gasteiger partial charge in [-0.25, -0.2) is 0 Å². The lowest BCUT2D eigenvalue weighted by Crippen LogP contribution is -2.36. The second-order valence-corrected chi connectivity index (χ2v) is 4.83. The fourth-order valence-electron chi connectivity index (χ4n) is 2.40. The average Bonchev–Trinajstić information content (AvgIpc) is 2.40. The van der Waals surface area contributed by atoms with Gasteiger partial charge in [0, 0.05) is 32.3 Å². The molecule has 0 atom stereocenters. The van der Waals surface area contributed by atoms with Gasteiger partial charge < -0.3 is 10.5 Å². The lowest BCUT2D eigenvalue weighted by atomic mass is 10.1. The highest BCUT2D eigenvalue weighted by molar-refractivity contribution is 5.95. The van der Waals surface area contributed by atoms with Crippen molar-refractivity contribution in [3.05, 3.63) is 35.4 Å². The summed E-state index contributed by atoms with van der Waals surface area (Å²) in [5, 5.41) is 7.45. The molecule has 0 saturated carbocycles. The Morgan fingerprint density at radius 3 is 2.78 bits per heavy atom. The second kappa shape index (κ2) is 5.98. The maximum absolute atomic E-state index is 7.45. The average molecular weight is 247 g/mol. The van der Waals surface area contributed by atoms with Gasteiger partial charge >= 0.3 is 0 Å². The summed E-state index contributed by atoms with van der Waals surface area (Å²) in [6.45, 7) is 3.07. The zero-order valence-corrected chi connectivity index (χ0v) is 10.9. The molecule has 98 valence electrons. The molecule has 1 fully saturated rings. The molecule has 0 aromatic heterocycles. The van der Waals surface area contributed by atoms with Gasteiger partial charge in [0.05, 0.1) is 6.10 Å². The zero-order valence-electron chi connectivity index (χ0n) is 10.9. The van der Waals surface area contributed by atoms with Crippen molar-refractivity contribution >= 4 is 5.84 Å². The molecule has 0 bridgehead atoms. The molecule has 1 saturated heterocycles. The summed E-state index contributed by atoms with van der Waals surface area (Å²) >= 11 is 0. The summed E-state index contributed by atoms with van der Waals surface area (Å²) in [5.74, 6) is 0.134. The molecule has 3 N–H and O–H groups in total. The summed E-state index contributed by atoms with van der Waals surface area (Å²) < 4.78 is 5.37. The van der Waals surface area contributed by atoms with Crippen molar-refractivity contribution in [1.82, 2.24) is 4.90 Å². The predicted molar refractivity (Wildman–Crippen MR) is 72.8 cm³/mol. The van der Waals surface area contributed by atoms with E-state index in [-0.39, 0.29) is 5.84 Å². The highest BCUT2D eigenvalue weighted by atomic mass is 16.5. The molecular weight excluding hydrogens is 226 g/mol. The molecule has 1 aromatic carbocycles. The van der Waals surface area contributed by atoms with Gasteiger partial charge in [0.1, 0.15) is 5.84 Å². The molecule has 0 amide bonds. The Balaban J connectivity index is 1.94. The smallest absolute Gasteiger partial charge is 0.122 e. The first kappa shape index (κ1) is 13.1. The van der Waals surface area contributed by atoms with Crippen molar-refractivity contribution in [3.8, 4) is 0 Å². The number of amidine groups is 1. The van der Waals surface area contributed by atoms with Gasteiger partial charge in [-0.05, 0) is 24.5 Å². The normalized spacial score (nSPS) is 17.8. The van der Waals surface area contributed by atoms with E-state index in [0.29, 0.717) is 6.10 Å². The first-order chi connectivity index (χ1) is 8.69. The molecule has 1 aliphatic heterocycles. The molecule has 0 radical (unpaired) electrons. The van der Waals surface area contributed by atoms with Crippen molar-refractivity contribution in [2.45, 2.75) is 25.5 Å². The third kappa shape index (κ3) is 3.31. The van der Waals surface area contributed by atoms with Crippen LogP contribution >= 0.6 is 0 Å². The summed E-state index contributed by atoms with van der Waals surface area (Å²) in [4.78, 5) is 2.43. The number of likely N-dealkylation sites (tertiary alicyclic amines) is 1. The Hall–Kier alpha value is -1.39. The van der Waals surface area contributed by atoms with Crippen LogP contribution in [0.4, 0.5) is 0 Å². The standard InChI is InChI=1S/C14H21N3O/c1-18-13-5-7-17(8-6-13)10-11-3-2-4-12(9-11)14(15)16/h2-4,9,13H,5-8,10H2,1H3,(H3,15,16). The van der Waals surface area contributed by atoms with Gasteiger partial charge in [-0.15, -0.1) is 0 Å². The molecule has 1 aromatic rings. The number of nitrogens with zero attached hydrogens (tertiary/aromatic N) is 1. The van der Waals surface area contributed by atoms with Gasteiger partial charge in [-0.3, -0.25) is 10.3 Å². The number of hydrogen-bond donors (Lipinski definition) is 2. The monoisotopic (exact) mass is 247 g/mol. The van der Waals surface area contributed by atoms with Crippen LogP contribution in [0, 0.1) is 5.41 Å². The molecular formula is C14H21N3O. The summed E-state index contributed by atoms with van der Waals surface area (Å²) in [7, 11) is 1.79. The van der Waals surface area contributed by atoms with Crippen LogP contribution in [0.1, 0.15) is 24.0 Å². The van der Waals surface area contributed by atoms with Crippen molar-refractivity contribution in [2.24, 2.45) is 5.73 Å². The first-order valence-electron chi connectivity index (χ1n) is 6.37. The number of ether oxygens (including phenoxy) is 1. The van der Waals surface area contributed by atoms with Crippen LogP contribution in [0.2, 0.25) is 0 Å². The van der Waals surface area contributed by atoms with Crippen LogP contribution in [0.25, 0.3) is 0 Å². The maximum atomic E-state index is 7.45. The Kier molecular flexibility index (Phi) is 4.33. The van der Waals surface area contributed by atoms with E-state index >= 15 is 0 Å². The van der Waals surface area contributed by atoms with Crippen LogP contribution in [-0.2, 0) is 11.3 Å². The predicted octanol–water partition coefficient (Wildman–Crippen LogP) is 1.58. The van der Waals surface area contributed by atoms with E-state index in [0.717, 1.165) is 38.0 Å². The molecule has 0 unspecified atom stereocenters. The zero-order chi connectivity index (χ0) is 13.0. The van der Waals surface area contributed by atoms with Crippen LogP contribution in [0.5, 0.6) is 0 Å². The van der Waals surface area contributed by atoms with Gasteiger partial charge in [-0.1, -0.05) is 18.2 Å². The maximum Gasteiger partial charge on any atom is 0.122 e. The molecule has 0 spiro atoms. The molecule has 0 aliphatic carbocycles. The summed E-state index contributed by atoms with van der Waals surface area (Å²) in [6.07, 6.45) is 2.62. The van der Waals surface area contributed by atoms with Crippen LogP contribution < -0.4 is 5.73 Å².